The van der Waals surface area contributed by atoms with Crippen molar-refractivity contribution in [3.63, 3.8) is 0 Å². The van der Waals surface area contributed by atoms with Gasteiger partial charge in [0.1, 0.15) is 0 Å². The zero-order chi connectivity index (χ0) is 12.3. The molecule has 1 rings (SSSR count). The molecule has 88 valence electrons. The molecule has 0 aliphatic heterocycles. The number of carbonyl (C=O) groups is 1. The monoisotopic (exact) mass is 239 g/mol. The minimum atomic E-state index is -0.236. The molecule has 1 N–H and O–H groups in total. The summed E-state index contributed by atoms with van der Waals surface area (Å²) >= 11 is 5.99. The maximum atomic E-state index is 12.1. The number of benzene rings is 1. The van der Waals surface area contributed by atoms with Gasteiger partial charge in [0.05, 0.1) is 11.1 Å². The Bertz CT molecular complexity index is 382. The highest BCUT2D eigenvalue weighted by Gasteiger charge is 2.21. The molecule has 0 saturated heterocycles. The molecule has 0 fully saturated rings. The van der Waals surface area contributed by atoms with Crippen LogP contribution in [0, 0.1) is 0 Å². The third-order valence-corrected chi connectivity index (χ3v) is 2.51. The van der Waals surface area contributed by atoms with E-state index in [1.807, 2.05) is 39.8 Å². The van der Waals surface area contributed by atoms with Crippen LogP contribution in [0.3, 0.4) is 0 Å². The summed E-state index contributed by atoms with van der Waals surface area (Å²) in [7, 11) is 0. The van der Waals surface area contributed by atoms with E-state index in [0.29, 0.717) is 10.6 Å². The summed E-state index contributed by atoms with van der Waals surface area (Å²) in [5.41, 5.74) is 0.490. The van der Waals surface area contributed by atoms with Gasteiger partial charge in [0.15, 0.2) is 5.78 Å². The molecular weight excluding hydrogens is 222 g/mol. The van der Waals surface area contributed by atoms with Crippen molar-refractivity contribution in [2.45, 2.75) is 39.3 Å². The van der Waals surface area contributed by atoms with Gasteiger partial charge in [-0.15, -0.1) is 0 Å². The molecule has 0 heterocycles. The van der Waals surface area contributed by atoms with Gasteiger partial charge >= 0.3 is 0 Å². The average Bonchev–Trinajstić information content (AvgIpc) is 2.15. The molecule has 0 aliphatic rings. The smallest absolute Gasteiger partial charge is 0.180 e. The molecular formula is C13H18ClNO. The molecule has 0 aliphatic carbocycles. The van der Waals surface area contributed by atoms with Crippen LogP contribution < -0.4 is 5.32 Å². The van der Waals surface area contributed by atoms with Crippen molar-refractivity contribution in [3.8, 4) is 0 Å². The van der Waals surface area contributed by atoms with Gasteiger partial charge in [0.25, 0.3) is 0 Å². The van der Waals surface area contributed by atoms with E-state index < -0.39 is 0 Å². The Morgan fingerprint density at radius 2 is 1.88 bits per heavy atom. The molecule has 16 heavy (non-hydrogen) atoms. The normalized spacial score (nSPS) is 13.6. The Labute approximate surface area is 102 Å². The average molecular weight is 240 g/mol. The summed E-state index contributed by atoms with van der Waals surface area (Å²) in [5.74, 6) is 0.0283. The molecule has 0 unspecified atom stereocenters. The molecule has 0 radical (unpaired) electrons. The minimum Gasteiger partial charge on any atom is -0.303 e. The van der Waals surface area contributed by atoms with Gasteiger partial charge in [-0.1, -0.05) is 23.7 Å². The van der Waals surface area contributed by atoms with Crippen molar-refractivity contribution in [1.82, 2.24) is 5.32 Å². The number of carbonyl (C=O) groups excluding carboxylic acids is 1. The second kappa shape index (κ2) is 4.98. The fraction of sp³-hybridized carbons (Fsp3) is 0.462. The van der Waals surface area contributed by atoms with Crippen LogP contribution in [0.1, 0.15) is 38.1 Å². The van der Waals surface area contributed by atoms with Crippen molar-refractivity contribution < 1.29 is 4.79 Å². The number of Topliss-reactive ketones (excluding diaryl/α,β-unsaturated/α-hetero) is 1. The van der Waals surface area contributed by atoms with Crippen LogP contribution in [0.2, 0.25) is 5.02 Å². The molecule has 0 spiro atoms. The van der Waals surface area contributed by atoms with E-state index in [1.54, 1.807) is 12.1 Å². The standard InChI is InChI=1S/C13H18ClNO/c1-9(15-13(2,3)4)12(16)10-7-5-6-8-11(10)14/h5-9,15H,1-4H3/t9-/m1/s1. The van der Waals surface area contributed by atoms with Gasteiger partial charge in [-0.25, -0.2) is 0 Å². The van der Waals surface area contributed by atoms with E-state index in [4.69, 9.17) is 11.6 Å². The van der Waals surface area contributed by atoms with Crippen LogP contribution in [0.5, 0.6) is 0 Å². The van der Waals surface area contributed by atoms with Crippen molar-refractivity contribution >= 4 is 17.4 Å². The highest BCUT2D eigenvalue weighted by atomic mass is 35.5. The number of rotatable bonds is 3. The van der Waals surface area contributed by atoms with Crippen LogP contribution in [0.25, 0.3) is 0 Å². The van der Waals surface area contributed by atoms with E-state index in [9.17, 15) is 4.79 Å². The first kappa shape index (κ1) is 13.2. The van der Waals surface area contributed by atoms with Gasteiger partial charge in [-0.2, -0.15) is 0 Å². The lowest BCUT2D eigenvalue weighted by Gasteiger charge is -2.25. The minimum absolute atomic E-state index is 0.0283. The van der Waals surface area contributed by atoms with E-state index >= 15 is 0 Å². The Balaban J connectivity index is 2.83. The van der Waals surface area contributed by atoms with E-state index in [2.05, 4.69) is 5.32 Å². The summed E-state index contributed by atoms with van der Waals surface area (Å²) in [4.78, 5) is 12.1. The first-order valence-corrected chi connectivity index (χ1v) is 5.75. The highest BCUT2D eigenvalue weighted by molar-refractivity contribution is 6.34. The summed E-state index contributed by atoms with van der Waals surface area (Å²) in [6.45, 7) is 7.95. The summed E-state index contributed by atoms with van der Waals surface area (Å²) in [6.07, 6.45) is 0. The van der Waals surface area contributed by atoms with Gasteiger partial charge < -0.3 is 5.32 Å². The second-order valence-electron chi connectivity index (χ2n) is 4.96. The van der Waals surface area contributed by atoms with Crippen LogP contribution in [0.4, 0.5) is 0 Å². The molecule has 0 amide bonds. The third-order valence-electron chi connectivity index (χ3n) is 2.18. The fourth-order valence-corrected chi connectivity index (χ4v) is 1.84. The summed E-state index contributed by atoms with van der Waals surface area (Å²) in [6, 6.07) is 6.90. The second-order valence-corrected chi connectivity index (χ2v) is 5.37. The lowest BCUT2D eigenvalue weighted by molar-refractivity contribution is 0.0936. The highest BCUT2D eigenvalue weighted by Crippen LogP contribution is 2.17. The van der Waals surface area contributed by atoms with Crippen LogP contribution in [-0.4, -0.2) is 17.4 Å². The zero-order valence-electron chi connectivity index (χ0n) is 10.2. The molecule has 1 atom stereocenters. The lowest BCUT2D eigenvalue weighted by Crippen LogP contribution is -2.46. The van der Waals surface area contributed by atoms with Gasteiger partial charge in [0.2, 0.25) is 0 Å². The Morgan fingerprint density at radius 3 is 2.38 bits per heavy atom. The molecule has 0 bridgehead atoms. The first-order valence-electron chi connectivity index (χ1n) is 5.38. The third kappa shape index (κ3) is 3.62. The largest absolute Gasteiger partial charge is 0.303 e. The Kier molecular flexibility index (Phi) is 4.11. The number of halogens is 1. The van der Waals surface area contributed by atoms with E-state index in [0.717, 1.165) is 0 Å². The predicted molar refractivity (Wildman–Crippen MR) is 68.1 cm³/mol. The van der Waals surface area contributed by atoms with Gasteiger partial charge in [-0.05, 0) is 39.8 Å². The maximum Gasteiger partial charge on any atom is 0.180 e. The van der Waals surface area contributed by atoms with Gasteiger partial charge in [-0.3, -0.25) is 4.79 Å². The lowest BCUT2D eigenvalue weighted by atomic mass is 10.0. The van der Waals surface area contributed by atoms with Crippen LogP contribution in [-0.2, 0) is 0 Å². The number of hydrogen-bond donors (Lipinski definition) is 1. The van der Waals surface area contributed by atoms with E-state index in [-0.39, 0.29) is 17.4 Å². The zero-order valence-corrected chi connectivity index (χ0v) is 10.9. The Morgan fingerprint density at radius 1 is 1.31 bits per heavy atom. The predicted octanol–water partition coefficient (Wildman–Crippen LogP) is 3.30. The SMILES string of the molecule is C[C@@H](NC(C)(C)C)C(=O)c1ccccc1Cl. The Hall–Kier alpha value is -0.860. The number of ketones is 1. The van der Waals surface area contributed by atoms with E-state index in [1.165, 1.54) is 0 Å². The first-order chi connectivity index (χ1) is 7.31. The molecule has 0 saturated carbocycles. The van der Waals surface area contributed by atoms with Crippen LogP contribution in [0.15, 0.2) is 24.3 Å². The topological polar surface area (TPSA) is 29.1 Å². The van der Waals surface area contributed by atoms with Crippen molar-refractivity contribution in [2.75, 3.05) is 0 Å². The molecule has 1 aromatic rings. The summed E-state index contributed by atoms with van der Waals surface area (Å²) in [5, 5.41) is 3.75. The van der Waals surface area contributed by atoms with Crippen molar-refractivity contribution in [3.05, 3.63) is 34.9 Å². The molecule has 0 aromatic heterocycles. The van der Waals surface area contributed by atoms with Crippen molar-refractivity contribution in [2.24, 2.45) is 0 Å². The number of nitrogens with one attached hydrogen (secondary N) is 1. The van der Waals surface area contributed by atoms with Crippen LogP contribution >= 0.6 is 11.6 Å². The van der Waals surface area contributed by atoms with Crippen molar-refractivity contribution in [1.29, 1.82) is 0 Å². The number of hydrogen-bond acceptors (Lipinski definition) is 2. The van der Waals surface area contributed by atoms with Gasteiger partial charge in [0, 0.05) is 11.1 Å². The quantitative estimate of drug-likeness (QED) is 0.820. The molecule has 1 aromatic carbocycles. The fourth-order valence-electron chi connectivity index (χ4n) is 1.61. The molecule has 2 nitrogen and oxygen atoms in total. The summed E-state index contributed by atoms with van der Waals surface area (Å²) < 4.78 is 0. The maximum absolute atomic E-state index is 12.1. The molecule has 3 heteroatoms.